The molecule has 15 heavy (non-hydrogen) atoms. The zero-order valence-corrected chi connectivity index (χ0v) is 10.5. The van der Waals surface area contributed by atoms with Crippen LogP contribution in [0.15, 0.2) is 6.07 Å². The van der Waals surface area contributed by atoms with E-state index in [0.29, 0.717) is 6.04 Å². The highest BCUT2D eigenvalue weighted by Crippen LogP contribution is 2.34. The van der Waals surface area contributed by atoms with Crippen molar-refractivity contribution in [2.45, 2.75) is 19.9 Å². The van der Waals surface area contributed by atoms with Crippen LogP contribution >= 0.6 is 22.7 Å². The molecule has 0 unspecified atom stereocenters. The van der Waals surface area contributed by atoms with Gasteiger partial charge in [-0.15, -0.1) is 11.3 Å². The van der Waals surface area contributed by atoms with Crippen LogP contribution in [0.1, 0.15) is 23.5 Å². The molecule has 2 aromatic rings. The molecule has 3 nitrogen and oxygen atoms in total. The molecule has 0 saturated heterocycles. The maximum atomic E-state index is 10.6. The van der Waals surface area contributed by atoms with Crippen molar-refractivity contribution in [3.63, 3.8) is 0 Å². The lowest BCUT2D eigenvalue weighted by molar-refractivity contribution is 0.112. The summed E-state index contributed by atoms with van der Waals surface area (Å²) in [7, 11) is 2.04. The Hall–Kier alpha value is -0.940. The SMILES string of the molecule is CC(C)N(C)c1nc2sc(C=O)cc2s1. The van der Waals surface area contributed by atoms with Gasteiger partial charge in [0.15, 0.2) is 11.4 Å². The number of hydrogen-bond acceptors (Lipinski definition) is 5. The summed E-state index contributed by atoms with van der Waals surface area (Å²) in [4.78, 5) is 18.9. The molecule has 0 atom stereocenters. The Kier molecular flexibility index (Phi) is 2.75. The third-order valence-electron chi connectivity index (χ3n) is 2.29. The molecule has 0 fully saturated rings. The summed E-state index contributed by atoms with van der Waals surface area (Å²) in [6.45, 7) is 4.26. The largest absolute Gasteiger partial charge is 0.349 e. The number of aldehydes is 1. The molecular weight excluding hydrogens is 228 g/mol. The Morgan fingerprint density at radius 2 is 2.20 bits per heavy atom. The number of carbonyl (C=O) groups excluding carboxylic acids is 1. The van der Waals surface area contributed by atoms with Gasteiger partial charge >= 0.3 is 0 Å². The molecule has 0 N–H and O–H groups in total. The van der Waals surface area contributed by atoms with Crippen LogP contribution < -0.4 is 4.90 Å². The summed E-state index contributed by atoms with van der Waals surface area (Å²) < 4.78 is 1.10. The van der Waals surface area contributed by atoms with E-state index in [4.69, 9.17) is 0 Å². The number of aromatic nitrogens is 1. The summed E-state index contributed by atoms with van der Waals surface area (Å²) in [5, 5.41) is 1.02. The Labute approximate surface area is 96.4 Å². The van der Waals surface area contributed by atoms with E-state index in [1.807, 2.05) is 13.1 Å². The minimum absolute atomic E-state index is 0.441. The van der Waals surface area contributed by atoms with Crippen LogP contribution in [0.4, 0.5) is 5.13 Å². The van der Waals surface area contributed by atoms with E-state index in [-0.39, 0.29) is 0 Å². The average molecular weight is 240 g/mol. The average Bonchev–Trinajstić information content (AvgIpc) is 2.72. The predicted molar refractivity (Wildman–Crippen MR) is 66.4 cm³/mol. The zero-order chi connectivity index (χ0) is 11.0. The second-order valence-corrected chi connectivity index (χ2v) is 5.71. The van der Waals surface area contributed by atoms with E-state index in [0.717, 1.165) is 25.8 Å². The monoisotopic (exact) mass is 240 g/mol. The first-order chi connectivity index (χ1) is 7.11. The number of thiazole rings is 1. The van der Waals surface area contributed by atoms with E-state index in [1.165, 1.54) is 11.3 Å². The van der Waals surface area contributed by atoms with Crippen LogP contribution in [0.2, 0.25) is 0 Å². The van der Waals surface area contributed by atoms with Crippen molar-refractivity contribution in [1.29, 1.82) is 0 Å². The van der Waals surface area contributed by atoms with Crippen LogP contribution in [-0.2, 0) is 0 Å². The van der Waals surface area contributed by atoms with E-state index in [1.54, 1.807) is 11.3 Å². The molecule has 0 saturated carbocycles. The highest BCUT2D eigenvalue weighted by Gasteiger charge is 2.12. The van der Waals surface area contributed by atoms with Gasteiger partial charge in [0, 0.05) is 13.1 Å². The smallest absolute Gasteiger partial charge is 0.187 e. The van der Waals surface area contributed by atoms with Crippen LogP contribution in [0.25, 0.3) is 9.53 Å². The summed E-state index contributed by atoms with van der Waals surface area (Å²) in [5.74, 6) is 0. The summed E-state index contributed by atoms with van der Waals surface area (Å²) in [5.41, 5.74) is 0. The van der Waals surface area contributed by atoms with E-state index >= 15 is 0 Å². The van der Waals surface area contributed by atoms with Gasteiger partial charge in [-0.1, -0.05) is 11.3 Å². The lowest BCUT2D eigenvalue weighted by Gasteiger charge is -2.19. The first-order valence-corrected chi connectivity index (χ1v) is 6.33. The van der Waals surface area contributed by atoms with Crippen molar-refractivity contribution in [2.24, 2.45) is 0 Å². The number of hydrogen-bond donors (Lipinski definition) is 0. The Balaban J connectivity index is 2.40. The van der Waals surface area contributed by atoms with Gasteiger partial charge in [-0.2, -0.15) is 0 Å². The predicted octanol–water partition coefficient (Wildman–Crippen LogP) is 3.01. The summed E-state index contributed by atoms with van der Waals surface area (Å²) in [6, 6.07) is 2.35. The number of nitrogens with zero attached hydrogens (tertiary/aromatic N) is 2. The van der Waals surface area contributed by atoms with Gasteiger partial charge in [0.1, 0.15) is 4.83 Å². The normalized spacial score (nSPS) is 11.2. The van der Waals surface area contributed by atoms with Crippen LogP contribution in [-0.4, -0.2) is 24.4 Å². The van der Waals surface area contributed by atoms with Crippen LogP contribution in [0.5, 0.6) is 0 Å². The molecule has 0 aromatic carbocycles. The van der Waals surface area contributed by atoms with Crippen molar-refractivity contribution in [3.05, 3.63) is 10.9 Å². The lowest BCUT2D eigenvalue weighted by Crippen LogP contribution is -2.25. The standard InChI is InChI=1S/C10H12N2OS2/c1-6(2)12(3)10-11-9-8(15-10)4-7(5-13)14-9/h4-6H,1-3H3. The third kappa shape index (κ3) is 1.89. The van der Waals surface area contributed by atoms with Crippen molar-refractivity contribution in [3.8, 4) is 0 Å². The van der Waals surface area contributed by atoms with Crippen molar-refractivity contribution < 1.29 is 4.79 Å². The molecule has 0 spiro atoms. The molecule has 0 aliphatic heterocycles. The Morgan fingerprint density at radius 3 is 2.73 bits per heavy atom. The number of rotatable bonds is 3. The van der Waals surface area contributed by atoms with Gasteiger partial charge in [0.2, 0.25) is 0 Å². The minimum Gasteiger partial charge on any atom is -0.349 e. The topological polar surface area (TPSA) is 33.2 Å². The fourth-order valence-corrected chi connectivity index (χ4v) is 3.30. The highest BCUT2D eigenvalue weighted by molar-refractivity contribution is 7.29. The Morgan fingerprint density at radius 1 is 1.47 bits per heavy atom. The number of fused-ring (bicyclic) bond motifs is 1. The third-order valence-corrected chi connectivity index (χ3v) is 4.47. The first kappa shape index (κ1) is 10.6. The molecule has 5 heteroatoms. The molecule has 2 aromatic heterocycles. The van der Waals surface area contributed by atoms with E-state index in [2.05, 4.69) is 23.7 Å². The zero-order valence-electron chi connectivity index (χ0n) is 8.85. The van der Waals surface area contributed by atoms with Gasteiger partial charge in [0.25, 0.3) is 0 Å². The van der Waals surface area contributed by atoms with E-state index < -0.39 is 0 Å². The minimum atomic E-state index is 0.441. The molecule has 2 rings (SSSR count). The second-order valence-electron chi connectivity index (χ2n) is 3.64. The fraction of sp³-hybridized carbons (Fsp3) is 0.400. The summed E-state index contributed by atoms with van der Waals surface area (Å²) in [6.07, 6.45) is 0.880. The van der Waals surface area contributed by atoms with Crippen molar-refractivity contribution >= 4 is 43.6 Å². The Bertz CT molecular complexity index is 455. The van der Waals surface area contributed by atoms with Gasteiger partial charge < -0.3 is 4.90 Å². The second kappa shape index (κ2) is 3.90. The molecule has 0 amide bonds. The number of anilines is 1. The number of thiophene rings is 1. The first-order valence-electron chi connectivity index (χ1n) is 4.70. The lowest BCUT2D eigenvalue weighted by atomic mass is 10.4. The number of carbonyl (C=O) groups is 1. The van der Waals surface area contributed by atoms with Gasteiger partial charge in [0.05, 0.1) is 9.58 Å². The van der Waals surface area contributed by atoms with E-state index in [9.17, 15) is 4.79 Å². The van der Waals surface area contributed by atoms with Crippen molar-refractivity contribution in [1.82, 2.24) is 4.98 Å². The fourth-order valence-electron chi connectivity index (χ4n) is 1.17. The van der Waals surface area contributed by atoms with Gasteiger partial charge in [-0.25, -0.2) is 4.98 Å². The molecular formula is C10H12N2OS2. The molecule has 0 bridgehead atoms. The quantitative estimate of drug-likeness (QED) is 0.773. The molecule has 2 heterocycles. The van der Waals surface area contributed by atoms with Gasteiger partial charge in [-0.3, -0.25) is 4.79 Å². The molecule has 0 aliphatic rings. The van der Waals surface area contributed by atoms with Gasteiger partial charge in [-0.05, 0) is 19.9 Å². The maximum Gasteiger partial charge on any atom is 0.187 e. The van der Waals surface area contributed by atoms with Crippen molar-refractivity contribution in [2.75, 3.05) is 11.9 Å². The van der Waals surface area contributed by atoms with Crippen LogP contribution in [0, 0.1) is 0 Å². The molecule has 80 valence electrons. The molecule has 0 aliphatic carbocycles. The molecule has 0 radical (unpaired) electrons. The summed E-state index contributed by atoms with van der Waals surface area (Å²) >= 11 is 3.09. The highest BCUT2D eigenvalue weighted by atomic mass is 32.1. The maximum absolute atomic E-state index is 10.6. The van der Waals surface area contributed by atoms with Crippen LogP contribution in [0.3, 0.4) is 0 Å².